The number of ether oxygens (including phenoxy) is 2. The molecular formula is C35H60N2O9. The fourth-order valence-electron chi connectivity index (χ4n) is 5.02. The van der Waals surface area contributed by atoms with E-state index in [2.05, 4.69) is 5.32 Å². The number of imide groups is 1. The zero-order valence-electron chi connectivity index (χ0n) is 29.3. The molecule has 1 saturated heterocycles. The molecule has 1 N–H and O–H groups in total. The Kier molecular flexibility index (Phi) is 19.4. The quantitative estimate of drug-likeness (QED) is 0.0717. The summed E-state index contributed by atoms with van der Waals surface area (Å²) in [5, 5.41) is 3.14. The predicted octanol–water partition coefficient (Wildman–Crippen LogP) is 6.78. The molecule has 0 radical (unpaired) electrons. The first-order chi connectivity index (χ1) is 21.6. The maximum Gasteiger partial charge on any atom is 0.333 e. The van der Waals surface area contributed by atoms with Gasteiger partial charge in [0.15, 0.2) is 0 Å². The van der Waals surface area contributed by atoms with Crippen LogP contribution in [0.5, 0.6) is 0 Å². The van der Waals surface area contributed by atoms with Crippen molar-refractivity contribution in [2.45, 2.75) is 187 Å². The van der Waals surface area contributed by atoms with Crippen molar-refractivity contribution in [3.8, 4) is 0 Å². The van der Waals surface area contributed by atoms with Crippen molar-refractivity contribution in [2.75, 3.05) is 0 Å². The van der Waals surface area contributed by atoms with Crippen molar-refractivity contribution in [1.82, 2.24) is 10.4 Å². The Bertz CT molecular complexity index is 966. The number of hydroxylamine groups is 2. The van der Waals surface area contributed by atoms with Gasteiger partial charge in [0.2, 0.25) is 5.91 Å². The van der Waals surface area contributed by atoms with Crippen LogP contribution in [0.4, 0.5) is 0 Å². The predicted molar refractivity (Wildman–Crippen MR) is 174 cm³/mol. The smallest absolute Gasteiger partial charge is 0.333 e. The van der Waals surface area contributed by atoms with Crippen LogP contribution in [0.2, 0.25) is 0 Å². The zero-order chi connectivity index (χ0) is 34.6. The lowest BCUT2D eigenvalue weighted by Gasteiger charge is -2.24. The summed E-state index contributed by atoms with van der Waals surface area (Å²) < 4.78 is 10.7. The lowest BCUT2D eigenvalue weighted by Crippen LogP contribution is -2.44. The molecule has 264 valence electrons. The monoisotopic (exact) mass is 652 g/mol. The molecule has 0 aliphatic carbocycles. The lowest BCUT2D eigenvalue weighted by atomic mass is 10.0. The van der Waals surface area contributed by atoms with E-state index in [1.807, 2.05) is 20.8 Å². The molecule has 1 heterocycles. The molecular weight excluding hydrogens is 592 g/mol. The summed E-state index contributed by atoms with van der Waals surface area (Å²) in [5.74, 6) is -3.05. The molecule has 0 aromatic carbocycles. The first kappa shape index (κ1) is 41.0. The van der Waals surface area contributed by atoms with Gasteiger partial charge in [-0.1, -0.05) is 77.0 Å². The summed E-state index contributed by atoms with van der Waals surface area (Å²) in [5.41, 5.74) is -1.18. The fourth-order valence-corrected chi connectivity index (χ4v) is 5.02. The first-order valence-electron chi connectivity index (χ1n) is 17.4. The maximum atomic E-state index is 12.7. The molecule has 1 atom stereocenters. The third kappa shape index (κ3) is 20.9. The van der Waals surface area contributed by atoms with Crippen molar-refractivity contribution < 1.29 is 43.1 Å². The van der Waals surface area contributed by atoms with Gasteiger partial charge >= 0.3 is 17.9 Å². The van der Waals surface area contributed by atoms with Gasteiger partial charge in [-0.2, -0.15) is 0 Å². The van der Waals surface area contributed by atoms with E-state index in [4.69, 9.17) is 14.3 Å². The van der Waals surface area contributed by atoms with E-state index in [1.54, 1.807) is 20.8 Å². The number of hydrogen-bond acceptors (Lipinski definition) is 9. The average molecular weight is 653 g/mol. The van der Waals surface area contributed by atoms with Crippen LogP contribution in [0.15, 0.2) is 0 Å². The van der Waals surface area contributed by atoms with Crippen LogP contribution in [-0.4, -0.2) is 57.9 Å². The Morgan fingerprint density at radius 2 is 1.02 bits per heavy atom. The van der Waals surface area contributed by atoms with Crippen LogP contribution in [0, 0.1) is 0 Å². The Morgan fingerprint density at radius 3 is 1.46 bits per heavy atom. The van der Waals surface area contributed by atoms with E-state index in [0.29, 0.717) is 17.9 Å². The van der Waals surface area contributed by atoms with E-state index in [-0.39, 0.29) is 44.0 Å². The number of nitrogens with one attached hydrogen (secondary N) is 1. The second-order valence-corrected chi connectivity index (χ2v) is 14.3. The minimum Gasteiger partial charge on any atom is -0.460 e. The molecule has 46 heavy (non-hydrogen) atoms. The third-order valence-corrected chi connectivity index (χ3v) is 7.32. The highest BCUT2D eigenvalue weighted by Gasteiger charge is 2.33. The van der Waals surface area contributed by atoms with Gasteiger partial charge in [0.05, 0.1) is 6.42 Å². The van der Waals surface area contributed by atoms with E-state index in [1.165, 1.54) is 51.4 Å². The highest BCUT2D eigenvalue weighted by atomic mass is 16.7. The molecule has 0 unspecified atom stereocenters. The summed E-state index contributed by atoms with van der Waals surface area (Å²) >= 11 is 0. The van der Waals surface area contributed by atoms with Gasteiger partial charge in [-0.15, -0.1) is 5.06 Å². The molecule has 1 aliphatic rings. The van der Waals surface area contributed by atoms with Crippen molar-refractivity contribution in [3.63, 3.8) is 0 Å². The fraction of sp³-hybridized carbons (Fsp3) is 0.829. The molecule has 0 aromatic heterocycles. The number of rotatable bonds is 23. The lowest BCUT2D eigenvalue weighted by molar-refractivity contribution is -0.197. The second kappa shape index (κ2) is 21.7. The van der Waals surface area contributed by atoms with E-state index in [0.717, 1.165) is 32.1 Å². The second-order valence-electron chi connectivity index (χ2n) is 14.3. The standard InChI is InChI=1S/C35H60N2O9/c1-34(2,3)44-31(41)22-20-18-16-14-12-10-8-7-9-11-13-15-17-19-21-28(38)36-27(33(43)45-35(4,5)6)23-26-32(42)46-37-29(39)24-25-30(37)40/h27H,7-26H2,1-6H3,(H,36,38)/t27-/m1/s1. The van der Waals surface area contributed by atoms with Gasteiger partial charge in [0.25, 0.3) is 11.8 Å². The van der Waals surface area contributed by atoms with Gasteiger partial charge in [-0.05, 0) is 60.8 Å². The maximum absolute atomic E-state index is 12.7. The Morgan fingerprint density at radius 1 is 0.609 bits per heavy atom. The molecule has 1 rings (SSSR count). The number of hydrogen-bond donors (Lipinski definition) is 1. The summed E-state index contributed by atoms with van der Waals surface area (Å²) in [4.78, 5) is 77.4. The molecule has 1 fully saturated rings. The molecule has 11 nitrogen and oxygen atoms in total. The van der Waals surface area contributed by atoms with Crippen LogP contribution < -0.4 is 5.32 Å². The minimum absolute atomic E-state index is 0.00848. The van der Waals surface area contributed by atoms with Crippen molar-refractivity contribution in [3.05, 3.63) is 0 Å². The van der Waals surface area contributed by atoms with Gasteiger partial charge in [-0.25, -0.2) is 9.59 Å². The van der Waals surface area contributed by atoms with Crippen molar-refractivity contribution in [2.24, 2.45) is 0 Å². The summed E-state index contributed by atoms with van der Waals surface area (Å²) in [6, 6.07) is -1.05. The number of esters is 2. The Labute approximate surface area is 276 Å². The summed E-state index contributed by atoms with van der Waals surface area (Å²) in [6.07, 6.45) is 16.0. The zero-order valence-corrected chi connectivity index (χ0v) is 29.3. The van der Waals surface area contributed by atoms with Gasteiger partial charge < -0.3 is 19.6 Å². The normalized spacial score (nSPS) is 14.3. The number of unbranched alkanes of at least 4 members (excludes halogenated alkanes) is 13. The SMILES string of the molecule is CC(C)(C)OC(=O)CCCCCCCCCCCCCCCCC(=O)N[C@H](CCC(=O)ON1C(=O)CCC1=O)C(=O)OC(C)(C)C. The highest BCUT2D eigenvalue weighted by molar-refractivity contribution is 6.01. The number of nitrogens with zero attached hydrogens (tertiary/aromatic N) is 1. The number of carbonyl (C=O) groups is 6. The topological polar surface area (TPSA) is 145 Å². The Hall–Kier alpha value is -2.98. The van der Waals surface area contributed by atoms with E-state index in [9.17, 15) is 28.8 Å². The molecule has 0 saturated carbocycles. The molecule has 11 heteroatoms. The van der Waals surface area contributed by atoms with E-state index >= 15 is 0 Å². The van der Waals surface area contributed by atoms with Crippen molar-refractivity contribution in [1.29, 1.82) is 0 Å². The van der Waals surface area contributed by atoms with Crippen LogP contribution >= 0.6 is 0 Å². The molecule has 0 bridgehead atoms. The van der Waals surface area contributed by atoms with Crippen LogP contribution in [0.1, 0.15) is 170 Å². The molecule has 0 spiro atoms. The Balaban J connectivity index is 2.14. The molecule has 0 aromatic rings. The van der Waals surface area contributed by atoms with Gasteiger partial charge in [-0.3, -0.25) is 19.2 Å². The molecule has 3 amide bonds. The largest absolute Gasteiger partial charge is 0.460 e. The van der Waals surface area contributed by atoms with Gasteiger partial charge in [0.1, 0.15) is 17.2 Å². The summed E-state index contributed by atoms with van der Waals surface area (Å²) in [6.45, 7) is 10.8. The van der Waals surface area contributed by atoms with E-state index < -0.39 is 41.0 Å². The highest BCUT2D eigenvalue weighted by Crippen LogP contribution is 2.17. The van der Waals surface area contributed by atoms with Crippen molar-refractivity contribution >= 4 is 35.6 Å². The van der Waals surface area contributed by atoms with Crippen LogP contribution in [0.3, 0.4) is 0 Å². The van der Waals surface area contributed by atoms with Crippen LogP contribution in [-0.2, 0) is 43.1 Å². The number of amides is 3. The first-order valence-corrected chi connectivity index (χ1v) is 17.4. The summed E-state index contributed by atoms with van der Waals surface area (Å²) in [7, 11) is 0. The third-order valence-electron chi connectivity index (χ3n) is 7.32. The minimum atomic E-state index is -1.05. The van der Waals surface area contributed by atoms with Gasteiger partial charge in [0, 0.05) is 25.7 Å². The average Bonchev–Trinajstić information content (AvgIpc) is 3.25. The van der Waals surface area contributed by atoms with Crippen LogP contribution in [0.25, 0.3) is 0 Å². The molecule has 1 aliphatic heterocycles. The number of carbonyl (C=O) groups excluding carboxylic acids is 6.